The highest BCUT2D eigenvalue weighted by Gasteiger charge is 2.52. The van der Waals surface area contributed by atoms with Crippen molar-refractivity contribution in [2.75, 3.05) is 0 Å². The van der Waals surface area contributed by atoms with Crippen molar-refractivity contribution in [2.24, 2.45) is 0 Å². The molecule has 0 fully saturated rings. The minimum Gasteiger partial charge on any atom is -0.287 e. The third-order valence-electron chi connectivity index (χ3n) is 9.95. The van der Waals surface area contributed by atoms with Gasteiger partial charge in [0.15, 0.2) is 82.2 Å². The number of hydrogen-bond acceptors (Lipinski definition) is 1. The van der Waals surface area contributed by atoms with Crippen LogP contribution in [-0.2, 0) is 6.54 Å². The van der Waals surface area contributed by atoms with E-state index in [4.69, 9.17) is 0 Å². The van der Waals surface area contributed by atoms with Gasteiger partial charge in [0, 0.05) is 22.4 Å². The number of pyridine rings is 1. The number of halogens is 21. The summed E-state index contributed by atoms with van der Waals surface area (Å²) in [7, 11) is 0. The van der Waals surface area contributed by atoms with Gasteiger partial charge in [-0.1, -0.05) is 36.4 Å². The highest BCUT2D eigenvalue weighted by Crippen LogP contribution is 2.31. The fourth-order valence-corrected chi connectivity index (χ4v) is 7.09. The number of carbonyl (C=O) groups excluding carboxylic acids is 1. The van der Waals surface area contributed by atoms with Crippen LogP contribution in [0.1, 0.15) is 10.4 Å². The molecule has 0 amide bonds. The van der Waals surface area contributed by atoms with Gasteiger partial charge in [-0.05, 0) is 12.1 Å². The molecule has 1 heterocycles. The minimum atomic E-state index is -7.22. The third-order valence-corrected chi connectivity index (χ3v) is 9.95. The lowest BCUT2D eigenvalue weighted by Crippen LogP contribution is -2.81. The van der Waals surface area contributed by atoms with E-state index < -0.39 is 144 Å². The molecule has 0 aliphatic heterocycles. The summed E-state index contributed by atoms with van der Waals surface area (Å²) in [5.41, 5.74) is -13.6. The van der Waals surface area contributed by atoms with Gasteiger partial charge in [0.25, 0.3) is 0 Å². The lowest BCUT2D eigenvalue weighted by Gasteiger charge is -2.44. The first-order valence-electron chi connectivity index (χ1n) is 17.3. The smallest absolute Gasteiger partial charge is 0.227 e. The zero-order valence-electron chi connectivity index (χ0n) is 30.9. The molecule has 65 heavy (non-hydrogen) atoms. The predicted octanol–water partition coefficient (Wildman–Crippen LogP) is 9.00. The predicted molar refractivity (Wildman–Crippen MR) is 184 cm³/mol. The lowest BCUT2D eigenvalue weighted by molar-refractivity contribution is -0.681. The summed E-state index contributed by atoms with van der Waals surface area (Å²) in [5, 5.41) is 1.35. The van der Waals surface area contributed by atoms with Gasteiger partial charge < -0.3 is 0 Å². The van der Waals surface area contributed by atoms with E-state index in [0.717, 1.165) is 5.39 Å². The minimum absolute atomic E-state index is 0.0337. The zero-order chi connectivity index (χ0) is 48.3. The van der Waals surface area contributed by atoms with E-state index in [1.54, 1.807) is 41.2 Å². The molecule has 6 aromatic carbocycles. The highest BCUT2D eigenvalue weighted by molar-refractivity contribution is 7.20. The molecule has 0 spiro atoms. The van der Waals surface area contributed by atoms with E-state index in [1.165, 1.54) is 6.07 Å². The Balaban J connectivity index is 0.000000289. The summed E-state index contributed by atoms with van der Waals surface area (Å²) in [6, 6.07) is 15.8. The maximum atomic E-state index is 15.4. The van der Waals surface area contributed by atoms with Gasteiger partial charge in [-0.25, -0.2) is 92.2 Å². The molecule has 0 saturated carbocycles. The molecule has 7 rings (SSSR count). The number of hydrogen-bond donors (Lipinski definition) is 0. The Morgan fingerprint density at radius 2 is 0.677 bits per heavy atom. The summed E-state index contributed by atoms with van der Waals surface area (Å²) >= 11 is 0. The maximum absolute atomic E-state index is 15.4. The molecule has 7 aromatic rings. The van der Waals surface area contributed by atoms with Crippen LogP contribution in [0, 0.1) is 122 Å². The molecular formula is C41H13BF21NO. The van der Waals surface area contributed by atoms with Crippen LogP contribution in [0.2, 0.25) is 0 Å². The number of carbonyl (C=O) groups is 1. The van der Waals surface area contributed by atoms with E-state index in [1.807, 2.05) is 24.3 Å². The van der Waals surface area contributed by atoms with Gasteiger partial charge in [0.05, 0.1) is 0 Å². The molecule has 1 aromatic heterocycles. The Kier molecular flexibility index (Phi) is 12.8. The topological polar surface area (TPSA) is 20.9 Å². The summed E-state index contributed by atoms with van der Waals surface area (Å²) in [4.78, 5) is 12.1. The first kappa shape index (κ1) is 47.5. The van der Waals surface area contributed by atoms with Gasteiger partial charge in [0.2, 0.25) is 12.3 Å². The van der Waals surface area contributed by atoms with E-state index in [2.05, 4.69) is 0 Å². The second-order valence-corrected chi connectivity index (χ2v) is 13.4. The molecule has 0 aliphatic rings. The molecule has 24 heteroatoms. The first-order valence-corrected chi connectivity index (χ1v) is 17.3. The Bertz CT molecular complexity index is 2730. The van der Waals surface area contributed by atoms with Crippen molar-refractivity contribution in [2.45, 2.75) is 6.54 Å². The molecule has 0 N–H and O–H groups in total. The average molecular weight is 945 g/mol. The highest BCUT2D eigenvalue weighted by atomic mass is 19.2. The Hall–Kier alpha value is -7.01. The largest absolute Gasteiger partial charge is 0.287 e. The second kappa shape index (κ2) is 17.5. The molecule has 0 aliphatic carbocycles. The van der Waals surface area contributed by atoms with E-state index in [9.17, 15) is 61.9 Å². The van der Waals surface area contributed by atoms with Crippen molar-refractivity contribution < 1.29 is 102 Å². The number of rotatable bonds is 7. The van der Waals surface area contributed by atoms with Gasteiger partial charge in [0.1, 0.15) is 58.5 Å². The van der Waals surface area contributed by atoms with Crippen LogP contribution in [0.25, 0.3) is 10.8 Å². The van der Waals surface area contributed by atoms with E-state index in [-0.39, 0.29) is 18.1 Å². The Morgan fingerprint density at radius 1 is 0.369 bits per heavy atom. The summed E-state index contributed by atoms with van der Waals surface area (Å²) in [6.45, 7) is 0.246. The van der Waals surface area contributed by atoms with Crippen molar-refractivity contribution >= 4 is 44.6 Å². The first-order chi connectivity index (χ1) is 30.4. The molecule has 0 saturated heterocycles. The van der Waals surface area contributed by atoms with Gasteiger partial charge in [-0.15, -0.1) is 21.9 Å². The van der Waals surface area contributed by atoms with Crippen molar-refractivity contribution in [1.82, 2.24) is 0 Å². The Morgan fingerprint density at radius 3 is 1.00 bits per heavy atom. The molecule has 0 atom stereocenters. The fourth-order valence-electron chi connectivity index (χ4n) is 7.09. The van der Waals surface area contributed by atoms with Crippen LogP contribution in [0.4, 0.5) is 92.2 Å². The zero-order valence-corrected chi connectivity index (χ0v) is 30.9. The van der Waals surface area contributed by atoms with Crippen molar-refractivity contribution in [1.29, 1.82) is 0 Å². The van der Waals surface area contributed by atoms with E-state index in [0.29, 0.717) is 10.9 Å². The van der Waals surface area contributed by atoms with Crippen LogP contribution in [-0.4, -0.2) is 11.9 Å². The SMILES string of the molecule is Fc1c(F)c(F)c([B-](c2c(F)c(F)c(F)c(F)c2F)(c2c(F)c(F)c(F)c(F)c2F)c2c(F)c(F)c(F)c(F)c2F)c(F)c1F.O=C(C[n+]1ccc2c(F)cccc2c1)c1ccccc1. The quantitative estimate of drug-likeness (QED) is 0.0391. The number of aromatic nitrogens is 1. The number of fused-ring (bicyclic) bond motifs is 1. The van der Waals surface area contributed by atoms with Gasteiger partial charge in [-0.3, -0.25) is 4.79 Å². The van der Waals surface area contributed by atoms with Crippen LogP contribution in [0.15, 0.2) is 67.0 Å². The van der Waals surface area contributed by atoms with Crippen LogP contribution < -0.4 is 26.4 Å². The molecule has 0 bridgehead atoms. The Labute approximate surface area is 347 Å². The average Bonchev–Trinajstić information content (AvgIpc) is 3.29. The van der Waals surface area contributed by atoms with Gasteiger partial charge >= 0.3 is 0 Å². The van der Waals surface area contributed by atoms with Crippen molar-refractivity contribution in [3.8, 4) is 0 Å². The number of ketones is 1. The fraction of sp³-hybridized carbons (Fsp3) is 0.0244. The number of benzene rings is 6. The molecule has 2 nitrogen and oxygen atoms in total. The van der Waals surface area contributed by atoms with Crippen LogP contribution in [0.5, 0.6) is 0 Å². The summed E-state index contributed by atoms with van der Waals surface area (Å²) in [6.07, 6.45) is -3.70. The molecular weight excluding hydrogens is 932 g/mol. The summed E-state index contributed by atoms with van der Waals surface area (Å²) in [5.74, 6) is -71.6. The standard InChI is InChI=1S/C24BF20.C17H13FNO/c26-5-1(6(27)14(35)21(42)13(5)34)25(2-7(28)15(36)22(43)16(37)8(2)29,3-9(30)17(38)23(44)18(39)10(3)31)4-11(32)19(40)24(45)20(41)12(4)33;18-16-8-4-7-14-11-19(10-9-15(14)16)12-17(20)13-5-2-1-3-6-13/h;1-11H,12H2/q-1;+1. The van der Waals surface area contributed by atoms with E-state index >= 15 is 35.1 Å². The number of Topliss-reactive ketones (excluding diaryl/α,β-unsaturated/α-hetero) is 1. The summed E-state index contributed by atoms with van der Waals surface area (Å²) < 4.78 is 309. The molecule has 338 valence electrons. The monoisotopic (exact) mass is 945 g/mol. The van der Waals surface area contributed by atoms with Crippen LogP contribution >= 0.6 is 0 Å². The molecule has 0 radical (unpaired) electrons. The van der Waals surface area contributed by atoms with Crippen molar-refractivity contribution in [3.05, 3.63) is 195 Å². The lowest BCUT2D eigenvalue weighted by atomic mass is 9.12. The normalized spacial score (nSPS) is 11.6. The van der Waals surface area contributed by atoms with Crippen LogP contribution in [0.3, 0.4) is 0 Å². The third kappa shape index (κ3) is 7.46. The van der Waals surface area contributed by atoms with Crippen molar-refractivity contribution in [3.63, 3.8) is 0 Å². The maximum Gasteiger partial charge on any atom is 0.227 e. The number of nitrogens with zero attached hydrogens (tertiary/aromatic N) is 1. The second-order valence-electron chi connectivity index (χ2n) is 13.4. The van der Waals surface area contributed by atoms with Gasteiger partial charge in [-0.2, -0.15) is 4.57 Å². The molecule has 0 unspecified atom stereocenters.